The number of rotatable bonds is 7. The molecule has 1 N–H and O–H groups in total. The number of ether oxygens (including phenoxy) is 1. The quantitative estimate of drug-likeness (QED) is 0.634. The molecule has 2 aromatic rings. The molecule has 0 atom stereocenters. The van der Waals surface area contributed by atoms with E-state index in [0.717, 1.165) is 23.5 Å². The number of anilines is 1. The van der Waals surface area contributed by atoms with Crippen molar-refractivity contribution < 1.29 is 31.1 Å². The molecule has 1 saturated heterocycles. The van der Waals surface area contributed by atoms with Gasteiger partial charge in [0.1, 0.15) is 9.96 Å². The van der Waals surface area contributed by atoms with Gasteiger partial charge in [0, 0.05) is 19.0 Å². The molecule has 1 aliphatic rings. The topological polar surface area (TPSA) is 75.7 Å². The number of thiophene rings is 1. The molecule has 1 amide bonds. The molecule has 0 radical (unpaired) electrons. The third-order valence-corrected chi connectivity index (χ3v) is 8.21. The van der Waals surface area contributed by atoms with Crippen LogP contribution in [-0.4, -0.2) is 38.3 Å². The van der Waals surface area contributed by atoms with Gasteiger partial charge in [-0.1, -0.05) is 13.0 Å². The zero-order valence-corrected chi connectivity index (χ0v) is 18.4. The Hall–Kier alpha value is -2.11. The Balaban J connectivity index is 1.69. The number of nitrogens with one attached hydrogen (secondary N) is 1. The molecule has 31 heavy (non-hydrogen) atoms. The fraction of sp³-hybridized carbons (Fsp3) is 0.450. The number of piperidine rings is 1. The number of carbonyl (C=O) groups is 1. The Kier molecular flexibility index (Phi) is 7.28. The summed E-state index contributed by atoms with van der Waals surface area (Å²) in [5, 5.41) is 4.23. The first-order valence-electron chi connectivity index (χ1n) is 9.81. The highest BCUT2D eigenvalue weighted by Gasteiger charge is 2.34. The van der Waals surface area contributed by atoms with E-state index in [2.05, 4.69) is 5.32 Å². The summed E-state index contributed by atoms with van der Waals surface area (Å²) < 4.78 is 71.6. The van der Waals surface area contributed by atoms with Crippen LogP contribution in [0.15, 0.2) is 39.9 Å². The minimum absolute atomic E-state index is 0.0399. The summed E-state index contributed by atoms with van der Waals surface area (Å²) >= 11 is 1.13. The predicted octanol–water partition coefficient (Wildman–Crippen LogP) is 4.60. The summed E-state index contributed by atoms with van der Waals surface area (Å²) in [4.78, 5) is 12.7. The summed E-state index contributed by atoms with van der Waals surface area (Å²) in [6, 6.07) is 6.16. The van der Waals surface area contributed by atoms with Crippen LogP contribution in [0.5, 0.6) is 5.75 Å². The van der Waals surface area contributed by atoms with Gasteiger partial charge in [-0.3, -0.25) is 4.79 Å². The van der Waals surface area contributed by atoms with Gasteiger partial charge < -0.3 is 10.1 Å². The largest absolute Gasteiger partial charge is 0.491 e. The number of benzene rings is 1. The van der Waals surface area contributed by atoms with E-state index in [1.807, 2.05) is 6.92 Å². The number of nitrogens with zero attached hydrogens (tertiary/aromatic N) is 1. The first-order valence-corrected chi connectivity index (χ1v) is 12.1. The van der Waals surface area contributed by atoms with Crippen molar-refractivity contribution in [3.05, 3.63) is 41.3 Å². The fourth-order valence-corrected chi connectivity index (χ4v) is 5.89. The van der Waals surface area contributed by atoms with Crippen molar-refractivity contribution in [3.63, 3.8) is 0 Å². The molecular formula is C20H23F3N2O4S2. The van der Waals surface area contributed by atoms with Gasteiger partial charge in [-0.15, -0.1) is 11.3 Å². The minimum Gasteiger partial charge on any atom is -0.491 e. The smallest absolute Gasteiger partial charge is 0.416 e. The molecule has 0 unspecified atom stereocenters. The normalized spacial score (nSPS) is 16.3. The van der Waals surface area contributed by atoms with Crippen molar-refractivity contribution in [2.75, 3.05) is 25.0 Å². The lowest BCUT2D eigenvalue weighted by molar-refractivity contribution is -0.137. The minimum atomic E-state index is -4.55. The number of hydrogen-bond acceptors (Lipinski definition) is 5. The van der Waals surface area contributed by atoms with Crippen molar-refractivity contribution in [1.29, 1.82) is 0 Å². The molecule has 0 saturated carbocycles. The Morgan fingerprint density at radius 2 is 1.97 bits per heavy atom. The van der Waals surface area contributed by atoms with E-state index in [4.69, 9.17) is 4.74 Å². The summed E-state index contributed by atoms with van der Waals surface area (Å²) in [7, 11) is -3.59. The molecule has 2 heterocycles. The van der Waals surface area contributed by atoms with Crippen LogP contribution in [0.3, 0.4) is 0 Å². The number of hydrogen-bond donors (Lipinski definition) is 1. The second kappa shape index (κ2) is 9.58. The maximum atomic E-state index is 13.1. The van der Waals surface area contributed by atoms with E-state index in [9.17, 15) is 26.4 Å². The molecule has 11 heteroatoms. The van der Waals surface area contributed by atoms with Crippen LogP contribution in [0.4, 0.5) is 18.9 Å². The number of halogens is 3. The maximum Gasteiger partial charge on any atom is 0.416 e. The Bertz CT molecular complexity index is 1000. The van der Waals surface area contributed by atoms with Crippen LogP contribution >= 0.6 is 11.3 Å². The van der Waals surface area contributed by atoms with Crippen LogP contribution in [-0.2, 0) is 21.0 Å². The molecule has 0 bridgehead atoms. The monoisotopic (exact) mass is 476 g/mol. The molecule has 6 nitrogen and oxygen atoms in total. The van der Waals surface area contributed by atoms with Gasteiger partial charge in [-0.2, -0.15) is 17.5 Å². The number of sulfonamides is 1. The zero-order chi connectivity index (χ0) is 22.6. The van der Waals surface area contributed by atoms with Crippen molar-refractivity contribution in [2.24, 2.45) is 5.92 Å². The van der Waals surface area contributed by atoms with Gasteiger partial charge in [0.2, 0.25) is 5.91 Å². The molecule has 1 aliphatic heterocycles. The van der Waals surface area contributed by atoms with E-state index >= 15 is 0 Å². The summed E-state index contributed by atoms with van der Waals surface area (Å²) in [5.74, 6) is -0.793. The highest BCUT2D eigenvalue weighted by molar-refractivity contribution is 7.91. The summed E-state index contributed by atoms with van der Waals surface area (Å²) in [6.07, 6.45) is -3.34. The number of amides is 1. The number of alkyl halides is 3. The Labute approximate surface area is 183 Å². The molecule has 1 fully saturated rings. The third-order valence-electron chi connectivity index (χ3n) is 4.94. The average molecular weight is 477 g/mol. The van der Waals surface area contributed by atoms with Gasteiger partial charge in [0.15, 0.2) is 0 Å². The van der Waals surface area contributed by atoms with Crippen LogP contribution in [0.25, 0.3) is 0 Å². The van der Waals surface area contributed by atoms with Crippen LogP contribution < -0.4 is 10.1 Å². The molecule has 1 aromatic carbocycles. The SMILES string of the molecule is CCCOc1ccc(C(F)(F)F)cc1NC(=O)C1CCN(S(=O)(=O)c2cccs2)CC1. The van der Waals surface area contributed by atoms with Crippen LogP contribution in [0, 0.1) is 5.92 Å². The predicted molar refractivity (Wildman–Crippen MR) is 112 cm³/mol. The first kappa shape index (κ1) is 23.6. The van der Waals surface area contributed by atoms with Crippen molar-refractivity contribution in [3.8, 4) is 5.75 Å². The van der Waals surface area contributed by atoms with E-state index in [-0.39, 0.29) is 41.6 Å². The zero-order valence-electron chi connectivity index (χ0n) is 16.8. The highest BCUT2D eigenvalue weighted by Crippen LogP contribution is 2.36. The lowest BCUT2D eigenvalue weighted by Crippen LogP contribution is -2.41. The lowest BCUT2D eigenvalue weighted by atomic mass is 9.97. The standard InChI is InChI=1S/C20H23F3N2O4S2/c1-2-11-29-17-6-5-15(20(21,22)23)13-16(17)24-19(26)14-7-9-25(10-8-14)31(27,28)18-4-3-12-30-18/h3-6,12-14H,2,7-11H2,1H3,(H,24,26). The van der Waals surface area contributed by atoms with Gasteiger partial charge in [0.05, 0.1) is 17.9 Å². The molecule has 0 aliphatic carbocycles. The first-order chi connectivity index (χ1) is 14.6. The molecule has 3 rings (SSSR count). The molecule has 170 valence electrons. The summed E-state index contributed by atoms with van der Waals surface area (Å²) in [6.45, 7) is 2.49. The van der Waals surface area contributed by atoms with Crippen molar-refractivity contribution in [1.82, 2.24) is 4.31 Å². The van der Waals surface area contributed by atoms with Crippen molar-refractivity contribution >= 4 is 33.0 Å². The average Bonchev–Trinajstić information content (AvgIpc) is 3.28. The fourth-order valence-electron chi connectivity index (χ4n) is 3.27. The Morgan fingerprint density at radius 3 is 2.55 bits per heavy atom. The molecule has 1 aromatic heterocycles. The maximum absolute atomic E-state index is 13.1. The second-order valence-corrected chi connectivity index (χ2v) is 10.3. The van der Waals surface area contributed by atoms with E-state index in [1.54, 1.807) is 11.4 Å². The van der Waals surface area contributed by atoms with Crippen molar-refractivity contribution in [2.45, 2.75) is 36.6 Å². The number of carbonyl (C=O) groups excluding carboxylic acids is 1. The van der Waals surface area contributed by atoms with Crippen LogP contribution in [0.1, 0.15) is 31.7 Å². The van der Waals surface area contributed by atoms with E-state index in [1.165, 1.54) is 16.4 Å². The second-order valence-electron chi connectivity index (χ2n) is 7.16. The molecule has 0 spiro atoms. The van der Waals surface area contributed by atoms with Crippen LogP contribution in [0.2, 0.25) is 0 Å². The highest BCUT2D eigenvalue weighted by atomic mass is 32.2. The van der Waals surface area contributed by atoms with E-state index < -0.39 is 33.6 Å². The van der Waals surface area contributed by atoms with Gasteiger partial charge in [-0.05, 0) is 48.9 Å². The van der Waals surface area contributed by atoms with Gasteiger partial charge >= 0.3 is 6.18 Å². The van der Waals surface area contributed by atoms with Gasteiger partial charge in [0.25, 0.3) is 10.0 Å². The van der Waals surface area contributed by atoms with Gasteiger partial charge in [-0.25, -0.2) is 8.42 Å². The Morgan fingerprint density at radius 1 is 1.26 bits per heavy atom. The third kappa shape index (κ3) is 5.58. The summed E-state index contributed by atoms with van der Waals surface area (Å²) in [5.41, 5.74) is -0.926. The molecular weight excluding hydrogens is 453 g/mol. The van der Waals surface area contributed by atoms with E-state index in [0.29, 0.717) is 13.0 Å². The lowest BCUT2D eigenvalue weighted by Gasteiger charge is -2.30.